The Labute approximate surface area is 122 Å². The van der Waals surface area contributed by atoms with Crippen LogP contribution in [0.1, 0.15) is 12.5 Å². The van der Waals surface area contributed by atoms with E-state index in [9.17, 15) is 0 Å². The molecule has 0 saturated heterocycles. The predicted octanol–water partition coefficient (Wildman–Crippen LogP) is 4.36. The maximum Gasteiger partial charge on any atom is 0.0556 e. The summed E-state index contributed by atoms with van der Waals surface area (Å²) < 4.78 is 1.05. The summed E-state index contributed by atoms with van der Waals surface area (Å²) in [6, 6.07) is 14.7. The van der Waals surface area contributed by atoms with Crippen molar-refractivity contribution in [3.8, 4) is 0 Å². The molecule has 98 valence electrons. The molecule has 3 rings (SSSR count). The summed E-state index contributed by atoms with van der Waals surface area (Å²) in [5, 5.41) is 0. The van der Waals surface area contributed by atoms with E-state index in [4.69, 9.17) is 5.73 Å². The third-order valence-electron chi connectivity index (χ3n) is 3.61. The SMILES string of the molecule is CC1Cc2ccccc2N(c2ccc(N)cc2Br)C1. The van der Waals surface area contributed by atoms with E-state index in [1.165, 1.54) is 16.9 Å². The van der Waals surface area contributed by atoms with Gasteiger partial charge >= 0.3 is 0 Å². The minimum atomic E-state index is 0.652. The molecule has 1 heterocycles. The number of rotatable bonds is 1. The van der Waals surface area contributed by atoms with Crippen molar-refractivity contribution in [1.82, 2.24) is 0 Å². The molecule has 0 amide bonds. The topological polar surface area (TPSA) is 29.3 Å². The molecule has 2 aromatic carbocycles. The summed E-state index contributed by atoms with van der Waals surface area (Å²) >= 11 is 3.63. The Morgan fingerprint density at radius 1 is 1.16 bits per heavy atom. The third-order valence-corrected chi connectivity index (χ3v) is 4.24. The highest BCUT2D eigenvalue weighted by Crippen LogP contribution is 2.39. The van der Waals surface area contributed by atoms with Crippen molar-refractivity contribution in [3.63, 3.8) is 0 Å². The number of benzene rings is 2. The zero-order valence-corrected chi connectivity index (χ0v) is 12.5. The lowest BCUT2D eigenvalue weighted by Crippen LogP contribution is -2.30. The van der Waals surface area contributed by atoms with Crippen molar-refractivity contribution >= 4 is 33.0 Å². The first-order chi connectivity index (χ1) is 9.15. The van der Waals surface area contributed by atoms with Crippen LogP contribution in [0.2, 0.25) is 0 Å². The molecule has 0 aromatic heterocycles. The number of nitrogens with zero attached hydrogens (tertiary/aromatic N) is 1. The summed E-state index contributed by atoms with van der Waals surface area (Å²) in [5.74, 6) is 0.652. The van der Waals surface area contributed by atoms with Gasteiger partial charge in [0.05, 0.1) is 5.69 Å². The van der Waals surface area contributed by atoms with Crippen LogP contribution < -0.4 is 10.6 Å². The predicted molar refractivity (Wildman–Crippen MR) is 84.9 cm³/mol. The maximum absolute atomic E-state index is 5.83. The molecule has 0 bridgehead atoms. The van der Waals surface area contributed by atoms with E-state index in [2.05, 4.69) is 58.1 Å². The molecular formula is C16H17BrN2. The van der Waals surface area contributed by atoms with Crippen LogP contribution in [0.4, 0.5) is 17.1 Å². The zero-order valence-electron chi connectivity index (χ0n) is 10.9. The molecule has 1 aliphatic rings. The first-order valence-corrected chi connectivity index (χ1v) is 7.35. The molecule has 1 unspecified atom stereocenters. The van der Waals surface area contributed by atoms with Gasteiger partial charge in [-0.2, -0.15) is 0 Å². The van der Waals surface area contributed by atoms with E-state index in [1.54, 1.807) is 0 Å². The van der Waals surface area contributed by atoms with Gasteiger partial charge in [0, 0.05) is 22.4 Å². The molecular weight excluding hydrogens is 300 g/mol. The molecule has 1 aliphatic heterocycles. The molecule has 0 fully saturated rings. The van der Waals surface area contributed by atoms with Crippen LogP contribution in [-0.4, -0.2) is 6.54 Å². The highest BCUT2D eigenvalue weighted by Gasteiger charge is 2.23. The van der Waals surface area contributed by atoms with E-state index < -0.39 is 0 Å². The average molecular weight is 317 g/mol. The van der Waals surface area contributed by atoms with Crippen LogP contribution in [0.25, 0.3) is 0 Å². The Balaban J connectivity index is 2.10. The number of anilines is 3. The number of nitrogen functional groups attached to an aromatic ring is 1. The molecule has 1 atom stereocenters. The van der Waals surface area contributed by atoms with E-state index >= 15 is 0 Å². The van der Waals surface area contributed by atoms with E-state index in [-0.39, 0.29) is 0 Å². The normalized spacial score (nSPS) is 18.2. The van der Waals surface area contributed by atoms with Gasteiger partial charge in [-0.25, -0.2) is 0 Å². The summed E-state index contributed by atoms with van der Waals surface area (Å²) in [5.41, 5.74) is 10.5. The van der Waals surface area contributed by atoms with E-state index in [1.807, 2.05) is 12.1 Å². The second-order valence-electron chi connectivity index (χ2n) is 5.26. The van der Waals surface area contributed by atoms with Gasteiger partial charge in [-0.15, -0.1) is 0 Å². The Bertz CT molecular complexity index is 609. The Morgan fingerprint density at radius 2 is 1.95 bits per heavy atom. The molecule has 19 heavy (non-hydrogen) atoms. The molecule has 0 radical (unpaired) electrons. The Hall–Kier alpha value is -1.48. The molecule has 2 aromatic rings. The van der Waals surface area contributed by atoms with E-state index in [0.29, 0.717) is 5.92 Å². The number of para-hydroxylation sites is 1. The highest BCUT2D eigenvalue weighted by atomic mass is 79.9. The Kier molecular flexibility index (Phi) is 3.23. The summed E-state index contributed by atoms with van der Waals surface area (Å²) in [6.07, 6.45) is 1.15. The van der Waals surface area contributed by atoms with Crippen LogP contribution in [0.15, 0.2) is 46.9 Å². The maximum atomic E-state index is 5.83. The fourth-order valence-electron chi connectivity index (χ4n) is 2.77. The van der Waals surface area contributed by atoms with Gasteiger partial charge in [-0.05, 0) is 58.1 Å². The van der Waals surface area contributed by atoms with Gasteiger partial charge in [0.1, 0.15) is 0 Å². The Morgan fingerprint density at radius 3 is 2.74 bits per heavy atom. The van der Waals surface area contributed by atoms with Crippen LogP contribution in [0.5, 0.6) is 0 Å². The number of fused-ring (bicyclic) bond motifs is 1. The first kappa shape index (κ1) is 12.5. The number of hydrogen-bond donors (Lipinski definition) is 1. The smallest absolute Gasteiger partial charge is 0.0556 e. The monoisotopic (exact) mass is 316 g/mol. The molecule has 0 aliphatic carbocycles. The molecule has 2 nitrogen and oxygen atoms in total. The van der Waals surface area contributed by atoms with Crippen LogP contribution in [-0.2, 0) is 6.42 Å². The molecule has 2 N–H and O–H groups in total. The largest absolute Gasteiger partial charge is 0.399 e. The van der Waals surface area contributed by atoms with Gasteiger partial charge in [0.25, 0.3) is 0 Å². The minimum Gasteiger partial charge on any atom is -0.399 e. The number of nitrogens with two attached hydrogens (primary N) is 1. The lowest BCUT2D eigenvalue weighted by molar-refractivity contribution is 0.562. The first-order valence-electron chi connectivity index (χ1n) is 6.55. The number of halogens is 1. The van der Waals surface area contributed by atoms with Crippen molar-refractivity contribution in [3.05, 3.63) is 52.5 Å². The zero-order chi connectivity index (χ0) is 13.4. The lowest BCUT2D eigenvalue weighted by Gasteiger charge is -2.35. The standard InChI is InChI=1S/C16H17BrN2/c1-11-8-12-4-2-3-5-15(12)19(10-11)16-7-6-13(18)9-14(16)17/h2-7,9,11H,8,10,18H2,1H3. The number of hydrogen-bond acceptors (Lipinski definition) is 2. The van der Waals surface area contributed by atoms with Gasteiger partial charge in [0.2, 0.25) is 0 Å². The van der Waals surface area contributed by atoms with Gasteiger partial charge in [-0.3, -0.25) is 0 Å². The molecule has 0 saturated carbocycles. The second kappa shape index (κ2) is 4.89. The van der Waals surface area contributed by atoms with Crippen molar-refractivity contribution in [2.24, 2.45) is 5.92 Å². The van der Waals surface area contributed by atoms with Gasteiger partial charge in [0.15, 0.2) is 0 Å². The molecule has 3 heteroatoms. The quantitative estimate of drug-likeness (QED) is 0.792. The minimum absolute atomic E-state index is 0.652. The van der Waals surface area contributed by atoms with Crippen LogP contribution in [0, 0.1) is 5.92 Å². The average Bonchev–Trinajstić information content (AvgIpc) is 2.38. The summed E-state index contributed by atoms with van der Waals surface area (Å²) in [4.78, 5) is 2.38. The van der Waals surface area contributed by atoms with Crippen molar-refractivity contribution in [2.45, 2.75) is 13.3 Å². The van der Waals surface area contributed by atoms with Crippen molar-refractivity contribution < 1.29 is 0 Å². The fraction of sp³-hybridized carbons (Fsp3) is 0.250. The lowest BCUT2D eigenvalue weighted by atomic mass is 9.93. The summed E-state index contributed by atoms with van der Waals surface area (Å²) in [7, 11) is 0. The van der Waals surface area contributed by atoms with Gasteiger partial charge in [-0.1, -0.05) is 25.1 Å². The molecule has 0 spiro atoms. The van der Waals surface area contributed by atoms with Gasteiger partial charge < -0.3 is 10.6 Å². The third kappa shape index (κ3) is 2.35. The van der Waals surface area contributed by atoms with E-state index in [0.717, 1.165) is 23.1 Å². The second-order valence-corrected chi connectivity index (χ2v) is 6.11. The van der Waals surface area contributed by atoms with Crippen molar-refractivity contribution in [2.75, 3.05) is 17.2 Å². The van der Waals surface area contributed by atoms with Crippen molar-refractivity contribution in [1.29, 1.82) is 0 Å². The highest BCUT2D eigenvalue weighted by molar-refractivity contribution is 9.10. The summed E-state index contributed by atoms with van der Waals surface area (Å²) in [6.45, 7) is 3.34. The fourth-order valence-corrected chi connectivity index (χ4v) is 3.38. The van der Waals surface area contributed by atoms with Crippen LogP contribution in [0.3, 0.4) is 0 Å². The van der Waals surface area contributed by atoms with Crippen LogP contribution >= 0.6 is 15.9 Å².